The minimum absolute atomic E-state index is 0.233. The van der Waals surface area contributed by atoms with Crippen molar-refractivity contribution in [2.24, 2.45) is 0 Å². The molecule has 14 heavy (non-hydrogen) atoms. The van der Waals surface area contributed by atoms with E-state index in [2.05, 4.69) is 4.74 Å². The van der Waals surface area contributed by atoms with Crippen molar-refractivity contribution in [2.75, 3.05) is 26.3 Å². The third-order valence-electron chi connectivity index (χ3n) is 2.60. The van der Waals surface area contributed by atoms with Crippen molar-refractivity contribution in [2.45, 2.75) is 18.9 Å². The zero-order valence-corrected chi connectivity index (χ0v) is 7.90. The predicted octanol–water partition coefficient (Wildman–Crippen LogP) is -0.449. The van der Waals surface area contributed by atoms with E-state index in [1.54, 1.807) is 0 Å². The lowest BCUT2D eigenvalue weighted by Crippen LogP contribution is -2.49. The summed E-state index contributed by atoms with van der Waals surface area (Å²) in [7, 11) is 0. The Morgan fingerprint density at radius 3 is 2.21 bits per heavy atom. The van der Waals surface area contributed by atoms with Gasteiger partial charge in [-0.2, -0.15) is 0 Å². The molecule has 2 rings (SSSR count). The summed E-state index contributed by atoms with van der Waals surface area (Å²) < 4.78 is 9.67. The lowest BCUT2D eigenvalue weighted by Gasteiger charge is -2.34. The van der Waals surface area contributed by atoms with Gasteiger partial charge in [-0.3, -0.25) is 14.5 Å². The maximum absolute atomic E-state index is 11.0. The van der Waals surface area contributed by atoms with E-state index in [1.807, 2.05) is 4.90 Å². The summed E-state index contributed by atoms with van der Waals surface area (Å²) in [5.41, 5.74) is 0. The third kappa shape index (κ3) is 2.10. The summed E-state index contributed by atoms with van der Waals surface area (Å²) in [6, 6.07) is 0.292. The van der Waals surface area contributed by atoms with Gasteiger partial charge >= 0.3 is 11.9 Å². The van der Waals surface area contributed by atoms with Gasteiger partial charge in [0.1, 0.15) is 0 Å². The first-order valence-corrected chi connectivity index (χ1v) is 4.81. The Morgan fingerprint density at radius 1 is 1.07 bits per heavy atom. The molecule has 0 aliphatic carbocycles. The van der Waals surface area contributed by atoms with Gasteiger partial charge in [0.05, 0.1) is 13.1 Å². The molecule has 0 unspecified atom stereocenters. The van der Waals surface area contributed by atoms with Crippen LogP contribution >= 0.6 is 0 Å². The van der Waals surface area contributed by atoms with Gasteiger partial charge in [0, 0.05) is 19.3 Å². The quantitative estimate of drug-likeness (QED) is 0.423. The van der Waals surface area contributed by atoms with Crippen LogP contribution in [0.4, 0.5) is 0 Å². The highest BCUT2D eigenvalue weighted by Gasteiger charge is 2.30. The van der Waals surface area contributed by atoms with Crippen LogP contribution in [-0.4, -0.2) is 49.2 Å². The largest absolute Gasteiger partial charge is 0.391 e. The van der Waals surface area contributed by atoms with Crippen LogP contribution in [0.2, 0.25) is 0 Å². The Morgan fingerprint density at radius 2 is 1.64 bits per heavy atom. The van der Waals surface area contributed by atoms with E-state index >= 15 is 0 Å². The van der Waals surface area contributed by atoms with Crippen LogP contribution in [0.1, 0.15) is 12.8 Å². The number of hydrogen-bond acceptors (Lipinski definition) is 5. The molecule has 0 aromatic rings. The Hall–Kier alpha value is -0.940. The Bertz CT molecular complexity index is 231. The maximum atomic E-state index is 11.0. The molecule has 0 spiro atoms. The van der Waals surface area contributed by atoms with E-state index in [0.717, 1.165) is 12.8 Å². The van der Waals surface area contributed by atoms with Crippen LogP contribution in [0.25, 0.3) is 0 Å². The topological polar surface area (TPSA) is 55.8 Å². The van der Waals surface area contributed by atoms with Gasteiger partial charge in [-0.25, -0.2) is 0 Å². The van der Waals surface area contributed by atoms with E-state index in [-0.39, 0.29) is 13.1 Å². The number of cyclic esters (lactones) is 2. The van der Waals surface area contributed by atoms with Crippen LogP contribution in [0, 0.1) is 0 Å². The van der Waals surface area contributed by atoms with Crippen LogP contribution in [0.15, 0.2) is 0 Å². The number of carbonyl (C=O) groups excluding carboxylic acids is 2. The molecular formula is C9H13NO4. The third-order valence-corrected chi connectivity index (χ3v) is 2.60. The van der Waals surface area contributed by atoms with Crippen molar-refractivity contribution >= 4 is 11.9 Å². The highest BCUT2D eigenvalue weighted by molar-refractivity contribution is 5.90. The summed E-state index contributed by atoms with van der Waals surface area (Å²) in [5.74, 6) is -0.875. The number of carbonyl (C=O) groups is 2. The molecule has 0 aromatic heterocycles. The molecule has 5 heteroatoms. The standard InChI is InChI=1S/C9H13NO4/c11-8-5-10(6-9(12)14-8)7-1-3-13-4-2-7/h7H,1-6H2. The van der Waals surface area contributed by atoms with E-state index in [1.165, 1.54) is 0 Å². The number of nitrogens with zero attached hydrogens (tertiary/aromatic N) is 1. The lowest BCUT2D eigenvalue weighted by atomic mass is 10.1. The van der Waals surface area contributed by atoms with E-state index in [4.69, 9.17) is 4.74 Å². The minimum Gasteiger partial charge on any atom is -0.391 e. The second kappa shape index (κ2) is 4.06. The van der Waals surface area contributed by atoms with Crippen molar-refractivity contribution in [1.82, 2.24) is 4.90 Å². The molecule has 0 amide bonds. The maximum Gasteiger partial charge on any atom is 0.327 e. The van der Waals surface area contributed by atoms with E-state index < -0.39 is 11.9 Å². The molecule has 2 fully saturated rings. The monoisotopic (exact) mass is 199 g/mol. The predicted molar refractivity (Wildman–Crippen MR) is 46.5 cm³/mol. The fraction of sp³-hybridized carbons (Fsp3) is 0.778. The number of ether oxygens (including phenoxy) is 2. The zero-order valence-electron chi connectivity index (χ0n) is 7.90. The number of morpholine rings is 1. The molecular weight excluding hydrogens is 186 g/mol. The lowest BCUT2D eigenvalue weighted by molar-refractivity contribution is -0.168. The molecule has 2 aliphatic rings. The van der Waals surface area contributed by atoms with Crippen LogP contribution in [-0.2, 0) is 19.1 Å². The number of esters is 2. The zero-order chi connectivity index (χ0) is 9.97. The molecule has 2 aliphatic heterocycles. The number of rotatable bonds is 1. The van der Waals surface area contributed by atoms with Crippen LogP contribution in [0.3, 0.4) is 0 Å². The van der Waals surface area contributed by atoms with Crippen molar-refractivity contribution in [3.05, 3.63) is 0 Å². The molecule has 0 saturated carbocycles. The molecule has 78 valence electrons. The van der Waals surface area contributed by atoms with Crippen LogP contribution in [0.5, 0.6) is 0 Å². The SMILES string of the molecule is O=C1CN(C2CCOCC2)CC(=O)O1. The molecule has 0 bridgehead atoms. The van der Waals surface area contributed by atoms with E-state index in [0.29, 0.717) is 19.3 Å². The summed E-state index contributed by atoms with van der Waals surface area (Å²) in [5, 5.41) is 0. The normalized spacial score (nSPS) is 26.3. The molecule has 0 atom stereocenters. The van der Waals surface area contributed by atoms with Crippen LogP contribution < -0.4 is 0 Å². The molecule has 5 nitrogen and oxygen atoms in total. The average molecular weight is 199 g/mol. The minimum atomic E-state index is -0.437. The molecule has 0 aromatic carbocycles. The Balaban J connectivity index is 1.95. The van der Waals surface area contributed by atoms with Gasteiger partial charge in [-0.15, -0.1) is 0 Å². The second-order valence-electron chi connectivity index (χ2n) is 3.59. The van der Waals surface area contributed by atoms with Gasteiger partial charge in [-0.1, -0.05) is 0 Å². The van der Waals surface area contributed by atoms with Crippen molar-refractivity contribution in [3.8, 4) is 0 Å². The highest BCUT2D eigenvalue weighted by atomic mass is 16.6. The second-order valence-corrected chi connectivity index (χ2v) is 3.59. The van der Waals surface area contributed by atoms with Crippen molar-refractivity contribution < 1.29 is 19.1 Å². The first-order valence-electron chi connectivity index (χ1n) is 4.81. The first kappa shape index (κ1) is 9.61. The first-order chi connectivity index (χ1) is 6.75. The molecule has 0 N–H and O–H groups in total. The number of hydrogen-bond donors (Lipinski definition) is 0. The average Bonchev–Trinajstić information content (AvgIpc) is 2.18. The van der Waals surface area contributed by atoms with Gasteiger partial charge in [0.2, 0.25) is 0 Å². The summed E-state index contributed by atoms with van der Waals surface area (Å²) in [6.07, 6.45) is 1.78. The fourth-order valence-electron chi connectivity index (χ4n) is 1.89. The Kier molecular flexibility index (Phi) is 2.79. The molecule has 2 saturated heterocycles. The summed E-state index contributed by atoms with van der Waals surface area (Å²) in [6.45, 7) is 1.89. The van der Waals surface area contributed by atoms with Crippen molar-refractivity contribution in [1.29, 1.82) is 0 Å². The summed E-state index contributed by atoms with van der Waals surface area (Å²) >= 11 is 0. The fourth-order valence-corrected chi connectivity index (χ4v) is 1.89. The van der Waals surface area contributed by atoms with Crippen molar-refractivity contribution in [3.63, 3.8) is 0 Å². The van der Waals surface area contributed by atoms with Gasteiger partial charge in [-0.05, 0) is 12.8 Å². The van der Waals surface area contributed by atoms with E-state index in [9.17, 15) is 9.59 Å². The molecule has 2 heterocycles. The summed E-state index contributed by atoms with van der Waals surface area (Å²) in [4.78, 5) is 23.9. The highest BCUT2D eigenvalue weighted by Crippen LogP contribution is 2.16. The Labute approximate surface area is 82.0 Å². The van der Waals surface area contributed by atoms with Gasteiger partial charge < -0.3 is 9.47 Å². The van der Waals surface area contributed by atoms with Gasteiger partial charge in [0.15, 0.2) is 0 Å². The van der Waals surface area contributed by atoms with Gasteiger partial charge in [0.25, 0.3) is 0 Å². The molecule has 0 radical (unpaired) electrons. The smallest absolute Gasteiger partial charge is 0.327 e.